The molecule has 1 aromatic carbocycles. The SMILES string of the molecule is COc1ccc(OC=O)c([N+](=O)[O-])c1OC. The molecule has 0 unspecified atom stereocenters. The summed E-state index contributed by atoms with van der Waals surface area (Å²) in [5, 5.41) is 10.8. The number of ether oxygens (including phenoxy) is 3. The lowest BCUT2D eigenvalue weighted by Gasteiger charge is -2.09. The second-order valence-electron chi connectivity index (χ2n) is 2.62. The molecular formula is C9H9NO6. The van der Waals surface area contributed by atoms with Gasteiger partial charge in [0.25, 0.3) is 6.47 Å². The zero-order valence-electron chi connectivity index (χ0n) is 8.63. The fourth-order valence-electron chi connectivity index (χ4n) is 1.21. The van der Waals surface area contributed by atoms with E-state index in [4.69, 9.17) is 9.47 Å². The maximum Gasteiger partial charge on any atom is 0.357 e. The standard InChI is InChI=1S/C9H9NO6/c1-14-7-4-3-6(16-5-11)8(10(12)13)9(7)15-2/h3-5H,1-2H3. The number of benzene rings is 1. The number of hydrogen-bond donors (Lipinski definition) is 0. The van der Waals surface area contributed by atoms with Gasteiger partial charge in [-0.25, -0.2) is 0 Å². The molecule has 0 bridgehead atoms. The first-order chi connectivity index (χ1) is 7.65. The molecule has 0 aliphatic heterocycles. The average Bonchev–Trinajstić information content (AvgIpc) is 2.28. The number of hydrogen-bond acceptors (Lipinski definition) is 6. The molecule has 0 aromatic heterocycles. The Morgan fingerprint density at radius 1 is 1.25 bits per heavy atom. The zero-order chi connectivity index (χ0) is 12.1. The van der Waals surface area contributed by atoms with Crippen molar-refractivity contribution in [3.05, 3.63) is 22.2 Å². The molecular weight excluding hydrogens is 218 g/mol. The number of nitrogens with zero attached hydrogens (tertiary/aromatic N) is 1. The predicted molar refractivity (Wildman–Crippen MR) is 52.9 cm³/mol. The normalized spacial score (nSPS) is 9.38. The Bertz CT molecular complexity index is 417. The first-order valence-electron chi connectivity index (χ1n) is 4.15. The van der Waals surface area contributed by atoms with Crippen LogP contribution in [0.25, 0.3) is 0 Å². The summed E-state index contributed by atoms with van der Waals surface area (Å²) in [5.74, 6) is -0.100. The van der Waals surface area contributed by atoms with Gasteiger partial charge in [0.05, 0.1) is 19.1 Å². The van der Waals surface area contributed by atoms with Crippen LogP contribution in [0.3, 0.4) is 0 Å². The Morgan fingerprint density at radius 3 is 2.31 bits per heavy atom. The molecule has 1 rings (SSSR count). The topological polar surface area (TPSA) is 87.9 Å². The fraction of sp³-hybridized carbons (Fsp3) is 0.222. The van der Waals surface area contributed by atoms with Gasteiger partial charge in [0.15, 0.2) is 5.75 Å². The highest BCUT2D eigenvalue weighted by Crippen LogP contribution is 2.43. The molecule has 86 valence electrons. The van der Waals surface area contributed by atoms with E-state index in [1.807, 2.05) is 0 Å². The third kappa shape index (κ3) is 2.02. The Morgan fingerprint density at radius 2 is 1.88 bits per heavy atom. The number of carbonyl (C=O) groups excluding carboxylic acids is 1. The van der Waals surface area contributed by atoms with Crippen molar-refractivity contribution in [2.75, 3.05) is 14.2 Å². The van der Waals surface area contributed by atoms with E-state index in [1.165, 1.54) is 26.4 Å². The van der Waals surface area contributed by atoms with E-state index in [2.05, 4.69) is 4.74 Å². The minimum atomic E-state index is -0.708. The molecule has 0 aliphatic carbocycles. The number of nitro benzene ring substituents is 1. The van der Waals surface area contributed by atoms with Crippen LogP contribution in [0.2, 0.25) is 0 Å². The Labute approximate surface area is 90.7 Å². The van der Waals surface area contributed by atoms with E-state index in [1.54, 1.807) is 0 Å². The fourth-order valence-corrected chi connectivity index (χ4v) is 1.21. The Kier molecular flexibility index (Phi) is 3.65. The second kappa shape index (κ2) is 4.96. The van der Waals surface area contributed by atoms with Gasteiger partial charge in [-0.2, -0.15) is 0 Å². The largest absolute Gasteiger partial charge is 0.493 e. The molecule has 16 heavy (non-hydrogen) atoms. The molecule has 0 spiro atoms. The summed E-state index contributed by atoms with van der Waals surface area (Å²) in [6.07, 6.45) is 0. The minimum Gasteiger partial charge on any atom is -0.493 e. The summed E-state index contributed by atoms with van der Waals surface area (Å²) in [6.45, 7) is 0.105. The van der Waals surface area contributed by atoms with Gasteiger partial charge in [0.2, 0.25) is 11.5 Å². The van der Waals surface area contributed by atoms with Gasteiger partial charge in [-0.05, 0) is 12.1 Å². The highest BCUT2D eigenvalue weighted by molar-refractivity contribution is 5.66. The van der Waals surface area contributed by atoms with Crippen LogP contribution in [0.1, 0.15) is 0 Å². The van der Waals surface area contributed by atoms with Crippen molar-refractivity contribution in [1.82, 2.24) is 0 Å². The van der Waals surface area contributed by atoms with Gasteiger partial charge in [-0.15, -0.1) is 0 Å². The summed E-state index contributed by atoms with van der Waals surface area (Å²) in [4.78, 5) is 20.3. The molecule has 0 radical (unpaired) electrons. The van der Waals surface area contributed by atoms with E-state index >= 15 is 0 Å². The number of methoxy groups -OCH3 is 2. The monoisotopic (exact) mass is 227 g/mol. The molecule has 0 heterocycles. The van der Waals surface area contributed by atoms with Crippen LogP contribution in [0.15, 0.2) is 12.1 Å². The maximum absolute atomic E-state index is 10.8. The minimum absolute atomic E-state index is 0.0909. The smallest absolute Gasteiger partial charge is 0.357 e. The molecule has 0 aliphatic rings. The van der Waals surface area contributed by atoms with Crippen LogP contribution in [-0.2, 0) is 4.79 Å². The quantitative estimate of drug-likeness (QED) is 0.426. The molecule has 7 nitrogen and oxygen atoms in total. The molecule has 0 N–H and O–H groups in total. The van der Waals surface area contributed by atoms with Crippen LogP contribution in [0.4, 0.5) is 5.69 Å². The lowest BCUT2D eigenvalue weighted by Crippen LogP contribution is -2.00. The van der Waals surface area contributed by atoms with Crippen molar-refractivity contribution >= 4 is 12.2 Å². The van der Waals surface area contributed by atoms with Crippen molar-refractivity contribution < 1.29 is 23.9 Å². The summed E-state index contributed by atoms with van der Waals surface area (Å²) in [7, 11) is 2.61. The molecule has 0 atom stereocenters. The number of carbonyl (C=O) groups is 1. The summed E-state index contributed by atoms with van der Waals surface area (Å²) in [6, 6.07) is 2.67. The van der Waals surface area contributed by atoms with E-state index in [-0.39, 0.29) is 23.7 Å². The summed E-state index contributed by atoms with van der Waals surface area (Å²) in [5.41, 5.74) is -0.450. The van der Waals surface area contributed by atoms with Crippen LogP contribution in [0.5, 0.6) is 17.2 Å². The van der Waals surface area contributed by atoms with Gasteiger partial charge >= 0.3 is 5.69 Å². The highest BCUT2D eigenvalue weighted by Gasteiger charge is 2.26. The van der Waals surface area contributed by atoms with Crippen molar-refractivity contribution in [3.8, 4) is 17.2 Å². The van der Waals surface area contributed by atoms with E-state index in [0.717, 1.165) is 0 Å². The summed E-state index contributed by atoms with van der Waals surface area (Å²) >= 11 is 0. The molecule has 0 saturated heterocycles. The lowest BCUT2D eigenvalue weighted by atomic mass is 10.2. The first kappa shape index (κ1) is 11.8. The highest BCUT2D eigenvalue weighted by atomic mass is 16.6. The number of rotatable bonds is 5. The Hall–Kier alpha value is -2.31. The average molecular weight is 227 g/mol. The third-order valence-electron chi connectivity index (χ3n) is 1.84. The van der Waals surface area contributed by atoms with Crippen LogP contribution < -0.4 is 14.2 Å². The maximum atomic E-state index is 10.8. The third-order valence-corrected chi connectivity index (χ3v) is 1.84. The van der Waals surface area contributed by atoms with Crippen LogP contribution in [-0.4, -0.2) is 25.6 Å². The molecule has 0 fully saturated rings. The van der Waals surface area contributed by atoms with Crippen molar-refractivity contribution in [1.29, 1.82) is 0 Å². The van der Waals surface area contributed by atoms with E-state index < -0.39 is 10.6 Å². The van der Waals surface area contributed by atoms with Crippen molar-refractivity contribution in [3.63, 3.8) is 0 Å². The van der Waals surface area contributed by atoms with Crippen molar-refractivity contribution in [2.45, 2.75) is 0 Å². The van der Waals surface area contributed by atoms with Gasteiger partial charge in [-0.3, -0.25) is 14.9 Å². The first-order valence-corrected chi connectivity index (χ1v) is 4.15. The van der Waals surface area contributed by atoms with Crippen LogP contribution >= 0.6 is 0 Å². The van der Waals surface area contributed by atoms with Gasteiger partial charge < -0.3 is 14.2 Å². The molecule has 1 aromatic rings. The van der Waals surface area contributed by atoms with Crippen molar-refractivity contribution in [2.24, 2.45) is 0 Å². The second-order valence-corrected chi connectivity index (χ2v) is 2.62. The van der Waals surface area contributed by atoms with Gasteiger partial charge in [-0.1, -0.05) is 0 Å². The molecule has 0 saturated carbocycles. The van der Waals surface area contributed by atoms with E-state index in [0.29, 0.717) is 0 Å². The zero-order valence-corrected chi connectivity index (χ0v) is 8.63. The molecule has 0 amide bonds. The Balaban J connectivity index is 3.43. The van der Waals surface area contributed by atoms with Gasteiger partial charge in [0.1, 0.15) is 0 Å². The lowest BCUT2D eigenvalue weighted by molar-refractivity contribution is -0.386. The number of nitro groups is 1. The van der Waals surface area contributed by atoms with Crippen LogP contribution in [0, 0.1) is 10.1 Å². The van der Waals surface area contributed by atoms with E-state index in [9.17, 15) is 14.9 Å². The summed E-state index contributed by atoms with van der Waals surface area (Å²) < 4.78 is 14.2. The molecule has 7 heteroatoms. The predicted octanol–water partition coefficient (Wildman–Crippen LogP) is 1.15. The van der Waals surface area contributed by atoms with Gasteiger partial charge in [0, 0.05) is 0 Å².